The summed E-state index contributed by atoms with van der Waals surface area (Å²) in [5.41, 5.74) is 1.27. The average Bonchev–Trinajstić information content (AvgIpc) is 2.36. The number of allylic oxidation sites excluding steroid dienone is 1. The van der Waals surface area contributed by atoms with Crippen molar-refractivity contribution in [2.45, 2.75) is 19.4 Å². The van der Waals surface area contributed by atoms with Gasteiger partial charge in [0.15, 0.2) is 0 Å². The summed E-state index contributed by atoms with van der Waals surface area (Å²) in [7, 11) is 1.52. The van der Waals surface area contributed by atoms with Gasteiger partial charge in [-0.3, -0.25) is 4.79 Å². The number of amides is 1. The lowest BCUT2D eigenvalue weighted by Gasteiger charge is -2.08. The first-order valence-corrected chi connectivity index (χ1v) is 5.83. The SMILES string of the molecule is C=CCCC(=O)Nc1cc(COC)cc(C(=O)O)c1. The first-order valence-electron chi connectivity index (χ1n) is 5.83. The minimum absolute atomic E-state index is 0.119. The molecule has 0 aromatic heterocycles. The maximum absolute atomic E-state index is 11.6. The zero-order valence-corrected chi connectivity index (χ0v) is 10.8. The number of hydrogen-bond acceptors (Lipinski definition) is 3. The number of methoxy groups -OCH3 is 1. The normalized spacial score (nSPS) is 9.95. The van der Waals surface area contributed by atoms with Crippen molar-refractivity contribution in [2.75, 3.05) is 12.4 Å². The van der Waals surface area contributed by atoms with Crippen molar-refractivity contribution in [2.24, 2.45) is 0 Å². The van der Waals surface area contributed by atoms with Gasteiger partial charge in [-0.15, -0.1) is 6.58 Å². The van der Waals surface area contributed by atoms with E-state index in [2.05, 4.69) is 11.9 Å². The summed E-state index contributed by atoms with van der Waals surface area (Å²) in [6, 6.07) is 4.64. The van der Waals surface area contributed by atoms with Crippen molar-refractivity contribution in [3.63, 3.8) is 0 Å². The summed E-state index contributed by atoms with van der Waals surface area (Å²) >= 11 is 0. The van der Waals surface area contributed by atoms with E-state index in [1.54, 1.807) is 12.1 Å². The molecule has 0 saturated heterocycles. The Labute approximate surface area is 111 Å². The van der Waals surface area contributed by atoms with Gasteiger partial charge in [0.1, 0.15) is 0 Å². The predicted molar refractivity (Wildman–Crippen MR) is 72.2 cm³/mol. The molecule has 0 spiro atoms. The van der Waals surface area contributed by atoms with Crippen molar-refractivity contribution in [3.05, 3.63) is 42.0 Å². The van der Waals surface area contributed by atoms with Crippen LogP contribution in [0.15, 0.2) is 30.9 Å². The average molecular weight is 263 g/mol. The predicted octanol–water partition coefficient (Wildman–Crippen LogP) is 2.44. The summed E-state index contributed by atoms with van der Waals surface area (Å²) in [5.74, 6) is -1.22. The molecule has 1 amide bonds. The quantitative estimate of drug-likeness (QED) is 0.741. The molecule has 0 aliphatic carbocycles. The van der Waals surface area contributed by atoms with Crippen LogP contribution in [0.3, 0.4) is 0 Å². The fourth-order valence-electron chi connectivity index (χ4n) is 1.59. The van der Waals surface area contributed by atoms with E-state index in [9.17, 15) is 9.59 Å². The Bertz CT molecular complexity index is 482. The highest BCUT2D eigenvalue weighted by Crippen LogP contribution is 2.16. The number of aromatic carboxylic acids is 1. The minimum Gasteiger partial charge on any atom is -0.478 e. The van der Waals surface area contributed by atoms with Gasteiger partial charge >= 0.3 is 5.97 Å². The number of benzene rings is 1. The molecule has 1 aromatic rings. The lowest BCUT2D eigenvalue weighted by molar-refractivity contribution is -0.116. The maximum Gasteiger partial charge on any atom is 0.335 e. The molecule has 1 aromatic carbocycles. The fourth-order valence-corrected chi connectivity index (χ4v) is 1.59. The van der Waals surface area contributed by atoms with E-state index in [4.69, 9.17) is 9.84 Å². The highest BCUT2D eigenvalue weighted by atomic mass is 16.5. The molecule has 0 bridgehead atoms. The van der Waals surface area contributed by atoms with Crippen LogP contribution in [0.5, 0.6) is 0 Å². The van der Waals surface area contributed by atoms with Crippen molar-refractivity contribution in [1.82, 2.24) is 0 Å². The Balaban J connectivity index is 2.89. The van der Waals surface area contributed by atoms with Gasteiger partial charge in [0, 0.05) is 19.2 Å². The molecular formula is C14H17NO4. The minimum atomic E-state index is -1.04. The topological polar surface area (TPSA) is 75.6 Å². The van der Waals surface area contributed by atoms with E-state index in [1.807, 2.05) is 0 Å². The number of anilines is 1. The Hall–Kier alpha value is -2.14. The number of carbonyl (C=O) groups excluding carboxylic acids is 1. The molecule has 0 atom stereocenters. The van der Waals surface area contributed by atoms with Crippen molar-refractivity contribution in [3.8, 4) is 0 Å². The van der Waals surface area contributed by atoms with Gasteiger partial charge in [-0.05, 0) is 30.2 Å². The Kier molecular flexibility index (Phi) is 5.75. The van der Waals surface area contributed by atoms with E-state index < -0.39 is 5.97 Å². The van der Waals surface area contributed by atoms with Crippen LogP contribution >= 0.6 is 0 Å². The van der Waals surface area contributed by atoms with Crippen LogP contribution in [0.1, 0.15) is 28.8 Å². The molecule has 1 rings (SSSR count). The Morgan fingerprint density at radius 2 is 2.16 bits per heavy atom. The molecule has 19 heavy (non-hydrogen) atoms. The lowest BCUT2D eigenvalue weighted by Crippen LogP contribution is -2.12. The number of ether oxygens (including phenoxy) is 1. The van der Waals surface area contributed by atoms with Crippen LogP contribution in [-0.2, 0) is 16.1 Å². The van der Waals surface area contributed by atoms with Crippen LogP contribution in [0.2, 0.25) is 0 Å². The number of rotatable bonds is 7. The van der Waals surface area contributed by atoms with Gasteiger partial charge in [-0.1, -0.05) is 6.08 Å². The second-order valence-electron chi connectivity index (χ2n) is 4.03. The van der Waals surface area contributed by atoms with Crippen LogP contribution < -0.4 is 5.32 Å². The largest absolute Gasteiger partial charge is 0.478 e. The van der Waals surface area contributed by atoms with Gasteiger partial charge in [-0.2, -0.15) is 0 Å². The van der Waals surface area contributed by atoms with Crippen LogP contribution in [0, 0.1) is 0 Å². The van der Waals surface area contributed by atoms with E-state index >= 15 is 0 Å². The number of carboxylic acids is 1. The van der Waals surface area contributed by atoms with E-state index in [-0.39, 0.29) is 18.1 Å². The molecule has 0 unspecified atom stereocenters. The number of carboxylic acid groups (broad SMARTS) is 1. The number of hydrogen-bond donors (Lipinski definition) is 2. The molecular weight excluding hydrogens is 246 g/mol. The van der Waals surface area contributed by atoms with Crippen molar-refractivity contribution >= 4 is 17.6 Å². The molecule has 0 aliphatic rings. The first-order chi connectivity index (χ1) is 9.06. The van der Waals surface area contributed by atoms with Gasteiger partial charge < -0.3 is 15.2 Å². The Morgan fingerprint density at radius 3 is 2.74 bits per heavy atom. The molecule has 0 saturated carbocycles. The molecule has 0 fully saturated rings. The van der Waals surface area contributed by atoms with Gasteiger partial charge in [0.25, 0.3) is 0 Å². The van der Waals surface area contributed by atoms with Gasteiger partial charge in [0.05, 0.1) is 12.2 Å². The zero-order chi connectivity index (χ0) is 14.3. The number of carbonyl (C=O) groups is 2. The van der Waals surface area contributed by atoms with E-state index in [0.717, 1.165) is 0 Å². The highest BCUT2D eigenvalue weighted by Gasteiger charge is 2.09. The first kappa shape index (κ1) is 14.9. The summed E-state index contributed by atoms with van der Waals surface area (Å²) < 4.78 is 4.97. The third-order valence-corrected chi connectivity index (χ3v) is 2.41. The second-order valence-corrected chi connectivity index (χ2v) is 4.03. The van der Waals surface area contributed by atoms with Crippen LogP contribution in [-0.4, -0.2) is 24.1 Å². The number of nitrogens with one attached hydrogen (secondary N) is 1. The highest BCUT2D eigenvalue weighted by molar-refractivity contribution is 5.94. The van der Waals surface area contributed by atoms with Crippen molar-refractivity contribution < 1.29 is 19.4 Å². The van der Waals surface area contributed by atoms with Crippen LogP contribution in [0.4, 0.5) is 5.69 Å². The van der Waals surface area contributed by atoms with Gasteiger partial charge in [0.2, 0.25) is 5.91 Å². The molecule has 0 radical (unpaired) electrons. The summed E-state index contributed by atoms with van der Waals surface area (Å²) in [4.78, 5) is 22.6. The smallest absolute Gasteiger partial charge is 0.335 e. The monoisotopic (exact) mass is 263 g/mol. The molecule has 2 N–H and O–H groups in total. The maximum atomic E-state index is 11.6. The second kappa shape index (κ2) is 7.33. The standard InChI is InChI=1S/C14H17NO4/c1-3-4-5-13(16)15-12-7-10(9-19-2)6-11(8-12)14(17)18/h3,6-8H,1,4-5,9H2,2H3,(H,15,16)(H,17,18). The fraction of sp³-hybridized carbons (Fsp3) is 0.286. The molecule has 5 nitrogen and oxygen atoms in total. The summed E-state index contributed by atoms with van der Waals surface area (Å²) in [5, 5.41) is 11.7. The molecule has 102 valence electrons. The summed E-state index contributed by atoms with van der Waals surface area (Å²) in [6.45, 7) is 3.83. The molecule has 0 heterocycles. The lowest BCUT2D eigenvalue weighted by atomic mass is 10.1. The Morgan fingerprint density at radius 1 is 1.42 bits per heavy atom. The molecule has 0 aliphatic heterocycles. The third kappa shape index (κ3) is 4.93. The van der Waals surface area contributed by atoms with Crippen LogP contribution in [0.25, 0.3) is 0 Å². The van der Waals surface area contributed by atoms with Crippen molar-refractivity contribution in [1.29, 1.82) is 0 Å². The summed E-state index contributed by atoms with van der Waals surface area (Å²) in [6.07, 6.45) is 2.55. The van der Waals surface area contributed by atoms with E-state index in [1.165, 1.54) is 19.2 Å². The van der Waals surface area contributed by atoms with E-state index in [0.29, 0.717) is 24.1 Å². The molecule has 5 heteroatoms. The van der Waals surface area contributed by atoms with Gasteiger partial charge in [-0.25, -0.2) is 4.79 Å². The zero-order valence-electron chi connectivity index (χ0n) is 10.8. The third-order valence-electron chi connectivity index (χ3n) is 2.41.